The van der Waals surface area contributed by atoms with Crippen LogP contribution in [-0.4, -0.2) is 36.5 Å². The Hall–Kier alpha value is -2.99. The molecule has 6 heteroatoms. The third-order valence-corrected chi connectivity index (χ3v) is 4.07. The summed E-state index contributed by atoms with van der Waals surface area (Å²) in [5, 5.41) is 3.72. The summed E-state index contributed by atoms with van der Waals surface area (Å²) in [6, 6.07) is 11.4. The van der Waals surface area contributed by atoms with E-state index in [0.29, 0.717) is 11.3 Å². The topological polar surface area (TPSA) is 60.3 Å². The quantitative estimate of drug-likeness (QED) is 0.545. The fourth-order valence-electron chi connectivity index (χ4n) is 2.82. The molecule has 1 N–H and O–H groups in total. The summed E-state index contributed by atoms with van der Waals surface area (Å²) in [7, 11) is 1.71. The predicted octanol–water partition coefficient (Wildman–Crippen LogP) is 3.35. The van der Waals surface area contributed by atoms with E-state index in [4.69, 9.17) is 4.74 Å². The predicted molar refractivity (Wildman–Crippen MR) is 97.4 cm³/mol. The van der Waals surface area contributed by atoms with Crippen LogP contribution in [0.2, 0.25) is 0 Å². The molecule has 3 rings (SSSR count). The van der Waals surface area contributed by atoms with Gasteiger partial charge in [0.1, 0.15) is 5.82 Å². The molecule has 0 unspecified atom stereocenters. The van der Waals surface area contributed by atoms with Gasteiger partial charge in [0.15, 0.2) is 5.78 Å². The van der Waals surface area contributed by atoms with Crippen LogP contribution in [-0.2, 0) is 4.74 Å². The Bertz CT molecular complexity index is 978. The highest BCUT2D eigenvalue weighted by molar-refractivity contribution is 6.01. The smallest absolute Gasteiger partial charge is 0.338 e. The van der Waals surface area contributed by atoms with Crippen molar-refractivity contribution in [2.45, 2.75) is 6.92 Å². The molecule has 5 nitrogen and oxygen atoms in total. The van der Waals surface area contributed by atoms with Crippen molar-refractivity contribution in [3.63, 3.8) is 0 Å². The Labute approximate surface area is 150 Å². The Morgan fingerprint density at radius 1 is 1.12 bits per heavy atom. The van der Waals surface area contributed by atoms with Gasteiger partial charge in [0.2, 0.25) is 0 Å². The number of carbonyl (C=O) groups is 2. The summed E-state index contributed by atoms with van der Waals surface area (Å²) in [6.45, 7) is 2.16. The summed E-state index contributed by atoms with van der Waals surface area (Å²) in [6.07, 6.45) is 1.74. The molecule has 0 saturated heterocycles. The number of halogens is 1. The van der Waals surface area contributed by atoms with E-state index < -0.39 is 11.8 Å². The molecule has 3 aromatic rings. The molecule has 1 heterocycles. The zero-order valence-corrected chi connectivity index (χ0v) is 14.6. The zero-order chi connectivity index (χ0) is 18.7. The highest BCUT2D eigenvalue weighted by Gasteiger charge is 2.14. The van der Waals surface area contributed by atoms with Crippen molar-refractivity contribution >= 4 is 22.7 Å². The van der Waals surface area contributed by atoms with Gasteiger partial charge in [-0.3, -0.25) is 4.79 Å². The van der Waals surface area contributed by atoms with Crippen molar-refractivity contribution in [1.82, 2.24) is 9.88 Å². The first kappa shape index (κ1) is 17.8. The first-order valence-electron chi connectivity index (χ1n) is 8.31. The third kappa shape index (κ3) is 3.36. The van der Waals surface area contributed by atoms with Crippen molar-refractivity contribution in [3.8, 4) is 5.69 Å². The van der Waals surface area contributed by atoms with Crippen molar-refractivity contribution in [2.24, 2.45) is 0 Å². The first-order valence-corrected chi connectivity index (χ1v) is 8.31. The highest BCUT2D eigenvalue weighted by Crippen LogP contribution is 2.24. The van der Waals surface area contributed by atoms with Gasteiger partial charge in [0, 0.05) is 11.8 Å². The number of fused-ring (bicyclic) bond motifs is 1. The number of nitrogens with one attached hydrogen (secondary N) is 1. The minimum atomic E-state index is -0.560. The van der Waals surface area contributed by atoms with Crippen LogP contribution < -0.4 is 5.32 Å². The number of likely N-dealkylation sites (N-methyl/N-ethyl adjacent to an activating group) is 1. The molecule has 0 radical (unpaired) electrons. The lowest BCUT2D eigenvalue weighted by Gasteiger charge is -2.10. The van der Waals surface area contributed by atoms with Crippen LogP contribution in [0.25, 0.3) is 16.6 Å². The molecule has 134 valence electrons. The lowest BCUT2D eigenvalue weighted by molar-refractivity contribution is 0.0525. The maximum absolute atomic E-state index is 14.6. The van der Waals surface area contributed by atoms with Gasteiger partial charge < -0.3 is 14.6 Å². The van der Waals surface area contributed by atoms with Crippen molar-refractivity contribution in [3.05, 3.63) is 65.6 Å². The highest BCUT2D eigenvalue weighted by atomic mass is 19.1. The number of ketones is 1. The van der Waals surface area contributed by atoms with Crippen molar-refractivity contribution in [2.75, 3.05) is 20.2 Å². The van der Waals surface area contributed by atoms with Crippen LogP contribution in [0.15, 0.2) is 48.7 Å². The standard InChI is InChI=1S/C20H19FN2O3/c1-3-26-20(25)15-6-7-17(16(21)10-15)23-9-8-13-4-5-14(11-18(13)23)19(24)12-22-2/h4-11,22H,3,12H2,1-2H3. The number of esters is 1. The van der Waals surface area contributed by atoms with E-state index in [9.17, 15) is 14.0 Å². The molecule has 0 fully saturated rings. The van der Waals surface area contributed by atoms with Crippen LogP contribution in [0.5, 0.6) is 0 Å². The summed E-state index contributed by atoms with van der Waals surface area (Å²) < 4.78 is 21.2. The number of nitrogens with zero attached hydrogens (tertiary/aromatic N) is 1. The summed E-state index contributed by atoms with van der Waals surface area (Å²) in [4.78, 5) is 23.9. The van der Waals surface area contributed by atoms with Gasteiger partial charge in [-0.2, -0.15) is 0 Å². The normalized spacial score (nSPS) is 10.9. The molecule has 0 aliphatic heterocycles. The second-order valence-corrected chi connectivity index (χ2v) is 5.80. The van der Waals surface area contributed by atoms with Gasteiger partial charge in [0.05, 0.1) is 29.9 Å². The fourth-order valence-corrected chi connectivity index (χ4v) is 2.82. The second kappa shape index (κ2) is 7.49. The van der Waals surface area contributed by atoms with E-state index in [2.05, 4.69) is 5.32 Å². The van der Waals surface area contributed by atoms with Crippen molar-refractivity contribution < 1.29 is 18.7 Å². The molecule has 0 amide bonds. The van der Waals surface area contributed by atoms with E-state index in [1.807, 2.05) is 12.1 Å². The minimum Gasteiger partial charge on any atom is -0.462 e. The number of rotatable bonds is 6. The van der Waals surface area contributed by atoms with Gasteiger partial charge in [-0.1, -0.05) is 12.1 Å². The van der Waals surface area contributed by atoms with Crippen LogP contribution >= 0.6 is 0 Å². The number of aromatic nitrogens is 1. The molecule has 2 aromatic carbocycles. The van der Waals surface area contributed by atoms with E-state index in [1.165, 1.54) is 12.1 Å². The van der Waals surface area contributed by atoms with Gasteiger partial charge >= 0.3 is 5.97 Å². The average molecular weight is 354 g/mol. The maximum atomic E-state index is 14.6. The molecule has 0 aliphatic rings. The molecule has 0 atom stereocenters. The largest absolute Gasteiger partial charge is 0.462 e. The molecule has 0 aliphatic carbocycles. The molecular weight excluding hydrogens is 335 g/mol. The first-order chi connectivity index (χ1) is 12.5. The monoisotopic (exact) mass is 354 g/mol. The van der Waals surface area contributed by atoms with Crippen LogP contribution in [0.3, 0.4) is 0 Å². The lowest BCUT2D eigenvalue weighted by Crippen LogP contribution is -2.18. The Balaban J connectivity index is 2.03. The number of Topliss-reactive ketones (excluding diaryl/α,β-unsaturated/α-hetero) is 1. The number of hydrogen-bond acceptors (Lipinski definition) is 4. The Morgan fingerprint density at radius 2 is 1.88 bits per heavy atom. The van der Waals surface area contributed by atoms with Gasteiger partial charge in [0.25, 0.3) is 0 Å². The molecule has 26 heavy (non-hydrogen) atoms. The van der Waals surface area contributed by atoms with Crippen LogP contribution in [0.1, 0.15) is 27.6 Å². The minimum absolute atomic E-state index is 0.0414. The molecule has 0 saturated carbocycles. The van der Waals surface area contributed by atoms with E-state index in [-0.39, 0.29) is 24.5 Å². The number of benzene rings is 2. The van der Waals surface area contributed by atoms with Gasteiger partial charge in [-0.15, -0.1) is 0 Å². The third-order valence-electron chi connectivity index (χ3n) is 4.07. The van der Waals surface area contributed by atoms with Gasteiger partial charge in [-0.05, 0) is 49.7 Å². The van der Waals surface area contributed by atoms with E-state index in [1.54, 1.807) is 36.9 Å². The van der Waals surface area contributed by atoms with E-state index in [0.717, 1.165) is 17.0 Å². The summed E-state index contributed by atoms with van der Waals surface area (Å²) in [5.41, 5.74) is 1.73. The van der Waals surface area contributed by atoms with Crippen LogP contribution in [0, 0.1) is 5.82 Å². The molecule has 0 bridgehead atoms. The number of carbonyl (C=O) groups excluding carboxylic acids is 2. The molecular formula is C20H19FN2O3. The van der Waals surface area contributed by atoms with Crippen molar-refractivity contribution in [1.29, 1.82) is 0 Å². The SMILES string of the molecule is CCOC(=O)c1ccc(-n2ccc3ccc(C(=O)CNC)cc32)c(F)c1. The van der Waals surface area contributed by atoms with Crippen LogP contribution in [0.4, 0.5) is 4.39 Å². The lowest BCUT2D eigenvalue weighted by atomic mass is 10.1. The fraction of sp³-hybridized carbons (Fsp3) is 0.200. The summed E-state index contributed by atoms with van der Waals surface area (Å²) in [5.74, 6) is -1.14. The molecule has 1 aromatic heterocycles. The zero-order valence-electron chi connectivity index (χ0n) is 14.6. The van der Waals surface area contributed by atoms with E-state index >= 15 is 0 Å². The number of hydrogen-bond donors (Lipinski definition) is 1. The molecule has 0 spiro atoms. The number of ether oxygens (including phenoxy) is 1. The summed E-state index contributed by atoms with van der Waals surface area (Å²) >= 11 is 0. The maximum Gasteiger partial charge on any atom is 0.338 e. The van der Waals surface area contributed by atoms with Gasteiger partial charge in [-0.25, -0.2) is 9.18 Å². The Morgan fingerprint density at radius 3 is 2.58 bits per heavy atom. The Kier molecular flexibility index (Phi) is 5.14. The second-order valence-electron chi connectivity index (χ2n) is 5.80. The average Bonchev–Trinajstić information content (AvgIpc) is 3.05.